The number of rotatable bonds is 9. The van der Waals surface area contributed by atoms with E-state index in [9.17, 15) is 4.79 Å². The smallest absolute Gasteiger partial charge is 0.222 e. The molecule has 1 aliphatic rings. The Morgan fingerprint density at radius 2 is 1.80 bits per heavy atom. The summed E-state index contributed by atoms with van der Waals surface area (Å²) in [6.45, 7) is 5.88. The van der Waals surface area contributed by atoms with Gasteiger partial charge in [0.1, 0.15) is 0 Å². The maximum atomic E-state index is 12.0. The van der Waals surface area contributed by atoms with Crippen molar-refractivity contribution in [3.63, 3.8) is 0 Å². The largest absolute Gasteiger partial charge is 0.357 e. The molecule has 2 N–H and O–H groups in total. The maximum absolute atomic E-state index is 12.0. The molecule has 0 aromatic heterocycles. The van der Waals surface area contributed by atoms with Gasteiger partial charge in [-0.05, 0) is 36.6 Å². The third kappa shape index (κ3) is 7.83. The van der Waals surface area contributed by atoms with Crippen molar-refractivity contribution >= 4 is 47.6 Å². The molecule has 30 heavy (non-hydrogen) atoms. The monoisotopic (exact) mass is 538 g/mol. The summed E-state index contributed by atoms with van der Waals surface area (Å²) in [4.78, 5) is 20.0. The van der Waals surface area contributed by atoms with Crippen LogP contribution in [0.25, 0.3) is 0 Å². The molecule has 0 bridgehead atoms. The minimum absolute atomic E-state index is 0. The van der Waals surface area contributed by atoms with Crippen LogP contribution >= 0.6 is 35.7 Å². The van der Waals surface area contributed by atoms with Crippen LogP contribution in [-0.2, 0) is 17.9 Å². The number of guanidine groups is 1. The number of nitrogens with zero attached hydrogens (tertiary/aromatic N) is 2. The lowest BCUT2D eigenvalue weighted by atomic mass is 10.1. The first-order valence-corrected chi connectivity index (χ1v) is 11.3. The Bertz CT molecular complexity index is 816. The van der Waals surface area contributed by atoms with Crippen molar-refractivity contribution < 1.29 is 4.79 Å². The highest BCUT2D eigenvalue weighted by atomic mass is 127. The number of carbonyl (C=O) groups is 1. The highest BCUT2D eigenvalue weighted by Gasteiger charge is 2.20. The van der Waals surface area contributed by atoms with E-state index in [1.165, 1.54) is 16.0 Å². The third-order valence-electron chi connectivity index (χ3n) is 4.81. The molecule has 0 atom stereocenters. The first-order valence-electron chi connectivity index (χ1n) is 10.3. The number of aliphatic imine (C=N–C) groups is 1. The van der Waals surface area contributed by atoms with Crippen LogP contribution in [0.2, 0.25) is 0 Å². The molecule has 1 amide bonds. The van der Waals surface area contributed by atoms with Crippen LogP contribution in [0.3, 0.4) is 0 Å². The number of hydrogen-bond acceptors (Lipinski definition) is 3. The molecule has 0 spiro atoms. The second-order valence-corrected chi connectivity index (χ2v) is 8.14. The standard InChI is InChI=1S/C23H30N4OS.HI/c1-2-24-23(25-14-16-29-21-11-4-3-5-12-21)26-17-19-9-6-7-10-20(19)18-27-15-8-13-22(27)28;/h3-7,9-12H,2,8,13-18H2,1H3,(H2,24,25,26);1H. The molecule has 0 saturated carbocycles. The zero-order valence-electron chi connectivity index (χ0n) is 17.5. The Labute approximate surface area is 201 Å². The first kappa shape index (κ1) is 24.5. The summed E-state index contributed by atoms with van der Waals surface area (Å²) in [7, 11) is 0. The molecule has 1 heterocycles. The van der Waals surface area contributed by atoms with E-state index in [1.54, 1.807) is 0 Å². The Hall–Kier alpha value is -1.74. The normalized spacial score (nSPS) is 13.8. The van der Waals surface area contributed by atoms with Gasteiger partial charge in [-0.2, -0.15) is 0 Å². The molecule has 5 nitrogen and oxygen atoms in total. The van der Waals surface area contributed by atoms with Gasteiger partial charge in [-0.25, -0.2) is 4.99 Å². The number of thioether (sulfide) groups is 1. The predicted molar refractivity (Wildman–Crippen MR) is 136 cm³/mol. The average Bonchev–Trinajstić information content (AvgIpc) is 3.15. The second-order valence-electron chi connectivity index (χ2n) is 6.97. The van der Waals surface area contributed by atoms with Gasteiger partial charge in [-0.3, -0.25) is 4.79 Å². The summed E-state index contributed by atoms with van der Waals surface area (Å²) in [5, 5.41) is 6.73. The summed E-state index contributed by atoms with van der Waals surface area (Å²) < 4.78 is 0. The molecule has 3 rings (SSSR count). The molecule has 7 heteroatoms. The van der Waals surface area contributed by atoms with E-state index in [2.05, 4.69) is 54.0 Å². The summed E-state index contributed by atoms with van der Waals surface area (Å²) in [6, 6.07) is 18.7. The Balaban J connectivity index is 0.00000320. The minimum Gasteiger partial charge on any atom is -0.357 e. The fourth-order valence-corrected chi connectivity index (χ4v) is 4.09. The van der Waals surface area contributed by atoms with Gasteiger partial charge in [-0.1, -0.05) is 42.5 Å². The fraction of sp³-hybridized carbons (Fsp3) is 0.391. The van der Waals surface area contributed by atoms with E-state index in [-0.39, 0.29) is 29.9 Å². The van der Waals surface area contributed by atoms with Gasteiger partial charge in [0.25, 0.3) is 0 Å². The van der Waals surface area contributed by atoms with Gasteiger partial charge in [-0.15, -0.1) is 35.7 Å². The zero-order chi connectivity index (χ0) is 20.3. The van der Waals surface area contributed by atoms with Crippen molar-refractivity contribution in [3.05, 3.63) is 65.7 Å². The van der Waals surface area contributed by atoms with Crippen LogP contribution in [-0.4, -0.2) is 42.2 Å². The van der Waals surface area contributed by atoms with Crippen molar-refractivity contribution in [2.75, 3.05) is 25.4 Å². The summed E-state index contributed by atoms with van der Waals surface area (Å²) in [6.07, 6.45) is 1.64. The van der Waals surface area contributed by atoms with Gasteiger partial charge in [0, 0.05) is 43.2 Å². The number of nitrogens with one attached hydrogen (secondary N) is 2. The third-order valence-corrected chi connectivity index (χ3v) is 5.82. The Kier molecular flexibility index (Phi) is 11.1. The molecular weight excluding hydrogens is 507 g/mol. The minimum atomic E-state index is 0. The van der Waals surface area contributed by atoms with Crippen LogP contribution in [0.5, 0.6) is 0 Å². The number of halogens is 1. The van der Waals surface area contributed by atoms with Crippen molar-refractivity contribution in [1.82, 2.24) is 15.5 Å². The van der Waals surface area contributed by atoms with Crippen LogP contribution < -0.4 is 10.6 Å². The van der Waals surface area contributed by atoms with E-state index < -0.39 is 0 Å². The van der Waals surface area contributed by atoms with Crippen LogP contribution in [0.15, 0.2) is 64.5 Å². The average molecular weight is 538 g/mol. The topological polar surface area (TPSA) is 56.7 Å². The Morgan fingerprint density at radius 1 is 1.07 bits per heavy atom. The second kappa shape index (κ2) is 13.5. The van der Waals surface area contributed by atoms with E-state index in [1.807, 2.05) is 34.9 Å². The summed E-state index contributed by atoms with van der Waals surface area (Å²) in [5.41, 5.74) is 2.35. The molecule has 1 aliphatic heterocycles. The fourth-order valence-electron chi connectivity index (χ4n) is 3.30. The van der Waals surface area contributed by atoms with E-state index in [4.69, 9.17) is 4.99 Å². The van der Waals surface area contributed by atoms with Gasteiger partial charge >= 0.3 is 0 Å². The molecule has 162 valence electrons. The van der Waals surface area contributed by atoms with Gasteiger partial charge in [0.2, 0.25) is 5.91 Å². The molecule has 0 unspecified atom stereocenters. The number of amides is 1. The van der Waals surface area contributed by atoms with Crippen molar-refractivity contribution in [2.24, 2.45) is 4.99 Å². The van der Waals surface area contributed by atoms with Crippen LogP contribution in [0.1, 0.15) is 30.9 Å². The lowest BCUT2D eigenvalue weighted by Crippen LogP contribution is -2.38. The number of likely N-dealkylation sites (tertiary alicyclic amines) is 1. The molecule has 1 fully saturated rings. The number of carbonyl (C=O) groups excluding carboxylic acids is 1. The van der Waals surface area contributed by atoms with Gasteiger partial charge in [0.15, 0.2) is 5.96 Å². The van der Waals surface area contributed by atoms with Crippen molar-refractivity contribution in [1.29, 1.82) is 0 Å². The number of benzene rings is 2. The molecule has 0 aliphatic carbocycles. The predicted octanol–water partition coefficient (Wildman–Crippen LogP) is 4.27. The Morgan fingerprint density at radius 3 is 2.50 bits per heavy atom. The molecule has 2 aromatic rings. The van der Waals surface area contributed by atoms with E-state index in [0.29, 0.717) is 19.5 Å². The molecular formula is C23H31IN4OS. The molecule has 1 saturated heterocycles. The van der Waals surface area contributed by atoms with Gasteiger partial charge in [0.05, 0.1) is 6.54 Å². The van der Waals surface area contributed by atoms with Crippen LogP contribution in [0.4, 0.5) is 0 Å². The van der Waals surface area contributed by atoms with E-state index >= 15 is 0 Å². The highest BCUT2D eigenvalue weighted by molar-refractivity contribution is 14.0. The number of hydrogen-bond donors (Lipinski definition) is 2. The molecule has 0 radical (unpaired) electrons. The first-order chi connectivity index (χ1) is 14.3. The van der Waals surface area contributed by atoms with Crippen LogP contribution in [0, 0.1) is 0 Å². The lowest BCUT2D eigenvalue weighted by molar-refractivity contribution is -0.128. The maximum Gasteiger partial charge on any atom is 0.222 e. The summed E-state index contributed by atoms with van der Waals surface area (Å²) in [5.74, 6) is 2.06. The van der Waals surface area contributed by atoms with E-state index in [0.717, 1.165) is 37.8 Å². The SMILES string of the molecule is CCNC(=NCc1ccccc1CN1CCCC1=O)NCCSc1ccccc1.I. The lowest BCUT2D eigenvalue weighted by Gasteiger charge is -2.18. The van der Waals surface area contributed by atoms with Crippen molar-refractivity contribution in [3.8, 4) is 0 Å². The quantitative estimate of drug-likeness (QED) is 0.165. The highest BCUT2D eigenvalue weighted by Crippen LogP contribution is 2.18. The summed E-state index contributed by atoms with van der Waals surface area (Å²) >= 11 is 1.83. The zero-order valence-corrected chi connectivity index (χ0v) is 20.6. The van der Waals surface area contributed by atoms with Gasteiger partial charge < -0.3 is 15.5 Å². The van der Waals surface area contributed by atoms with Crippen molar-refractivity contribution in [2.45, 2.75) is 37.8 Å². The molecule has 2 aromatic carbocycles.